The van der Waals surface area contributed by atoms with E-state index in [4.69, 9.17) is 25.8 Å². The summed E-state index contributed by atoms with van der Waals surface area (Å²) in [6.07, 6.45) is 0. The molecule has 0 amide bonds. The molecule has 116 valence electrons. The standard InChI is InChI=1S/C15H19ClO5/c1-4-19-14(18)15(20-5-2,21-6-3)13(17)11-7-9-12(16)10-8-11/h7-10H,4-6H2,1-3H3. The molecule has 0 radical (unpaired) electrons. The molecule has 0 spiro atoms. The Morgan fingerprint density at radius 2 is 1.52 bits per heavy atom. The summed E-state index contributed by atoms with van der Waals surface area (Å²) >= 11 is 5.80. The third-order valence-corrected chi connectivity index (χ3v) is 2.90. The van der Waals surface area contributed by atoms with Crippen LogP contribution in [-0.2, 0) is 19.0 Å². The monoisotopic (exact) mass is 314 g/mol. The van der Waals surface area contributed by atoms with Crippen molar-refractivity contribution >= 4 is 23.4 Å². The molecule has 5 nitrogen and oxygen atoms in total. The van der Waals surface area contributed by atoms with Gasteiger partial charge in [0.25, 0.3) is 0 Å². The predicted molar refractivity (Wildman–Crippen MR) is 78.4 cm³/mol. The predicted octanol–water partition coefficient (Wildman–Crippen LogP) is 2.86. The lowest BCUT2D eigenvalue weighted by Crippen LogP contribution is -2.52. The maximum atomic E-state index is 12.7. The van der Waals surface area contributed by atoms with E-state index in [1.807, 2.05) is 0 Å². The molecule has 0 aromatic heterocycles. The first-order valence-electron chi connectivity index (χ1n) is 6.77. The van der Waals surface area contributed by atoms with E-state index in [0.717, 1.165) is 0 Å². The number of esters is 1. The van der Waals surface area contributed by atoms with Crippen LogP contribution in [0, 0.1) is 0 Å². The van der Waals surface area contributed by atoms with Crippen LogP contribution in [0.3, 0.4) is 0 Å². The number of ketones is 1. The van der Waals surface area contributed by atoms with Crippen LogP contribution in [0.15, 0.2) is 24.3 Å². The van der Waals surface area contributed by atoms with Crippen LogP contribution >= 0.6 is 11.6 Å². The molecule has 0 unspecified atom stereocenters. The van der Waals surface area contributed by atoms with Gasteiger partial charge in [-0.2, -0.15) is 0 Å². The lowest BCUT2D eigenvalue weighted by atomic mass is 10.0. The highest BCUT2D eigenvalue weighted by Gasteiger charge is 2.50. The van der Waals surface area contributed by atoms with Crippen molar-refractivity contribution < 1.29 is 23.8 Å². The van der Waals surface area contributed by atoms with Gasteiger partial charge in [-0.3, -0.25) is 4.79 Å². The van der Waals surface area contributed by atoms with E-state index in [0.29, 0.717) is 5.02 Å². The summed E-state index contributed by atoms with van der Waals surface area (Å²) in [7, 11) is 0. The Bertz CT molecular complexity index is 477. The summed E-state index contributed by atoms with van der Waals surface area (Å²) in [6.45, 7) is 5.35. The Morgan fingerprint density at radius 3 is 1.95 bits per heavy atom. The van der Waals surface area contributed by atoms with Gasteiger partial charge in [0.2, 0.25) is 5.78 Å². The third kappa shape index (κ3) is 4.03. The number of halogens is 1. The molecule has 6 heteroatoms. The quantitative estimate of drug-likeness (QED) is 0.319. The molecular formula is C15H19ClO5. The van der Waals surface area contributed by atoms with Gasteiger partial charge in [-0.25, -0.2) is 4.79 Å². The molecule has 0 aliphatic rings. The number of Topliss-reactive ketones (excluding diaryl/α,β-unsaturated/α-hetero) is 1. The van der Waals surface area contributed by atoms with Crippen molar-refractivity contribution in [2.45, 2.75) is 26.6 Å². The first kappa shape index (κ1) is 17.6. The molecular weight excluding hydrogens is 296 g/mol. The lowest BCUT2D eigenvalue weighted by Gasteiger charge is -2.29. The SMILES string of the molecule is CCOC(=O)C(OCC)(OCC)C(=O)c1ccc(Cl)cc1. The van der Waals surface area contributed by atoms with Crippen molar-refractivity contribution in [1.29, 1.82) is 0 Å². The van der Waals surface area contributed by atoms with Crippen LogP contribution < -0.4 is 0 Å². The van der Waals surface area contributed by atoms with Crippen molar-refractivity contribution in [2.24, 2.45) is 0 Å². The number of hydrogen-bond acceptors (Lipinski definition) is 5. The second-order valence-corrected chi connectivity index (χ2v) is 4.48. The fraction of sp³-hybridized carbons (Fsp3) is 0.467. The Kier molecular flexibility index (Phi) is 6.81. The average molecular weight is 315 g/mol. The smallest absolute Gasteiger partial charge is 0.375 e. The van der Waals surface area contributed by atoms with Crippen molar-refractivity contribution in [2.75, 3.05) is 19.8 Å². The van der Waals surface area contributed by atoms with Crippen molar-refractivity contribution in [1.82, 2.24) is 0 Å². The second kappa shape index (κ2) is 8.12. The number of hydrogen-bond donors (Lipinski definition) is 0. The van der Waals surface area contributed by atoms with E-state index in [2.05, 4.69) is 0 Å². The minimum absolute atomic E-state index is 0.120. The third-order valence-electron chi connectivity index (χ3n) is 2.64. The van der Waals surface area contributed by atoms with Gasteiger partial charge in [-0.05, 0) is 45.0 Å². The van der Waals surface area contributed by atoms with Crippen LogP contribution in [0.4, 0.5) is 0 Å². The first-order valence-corrected chi connectivity index (χ1v) is 7.15. The zero-order valence-corrected chi connectivity index (χ0v) is 13.1. The lowest BCUT2D eigenvalue weighted by molar-refractivity contribution is -0.222. The largest absolute Gasteiger partial charge is 0.462 e. The van der Waals surface area contributed by atoms with Crippen LogP contribution in [0.2, 0.25) is 5.02 Å². The highest BCUT2D eigenvalue weighted by atomic mass is 35.5. The van der Waals surface area contributed by atoms with Gasteiger partial charge in [0, 0.05) is 23.8 Å². The highest BCUT2D eigenvalue weighted by Crippen LogP contribution is 2.23. The molecule has 0 fully saturated rings. The Morgan fingerprint density at radius 1 is 1.00 bits per heavy atom. The molecule has 0 aliphatic carbocycles. The molecule has 0 aliphatic heterocycles. The Balaban J connectivity index is 3.22. The zero-order valence-electron chi connectivity index (χ0n) is 12.3. The van der Waals surface area contributed by atoms with Gasteiger partial charge in [0.1, 0.15) is 0 Å². The van der Waals surface area contributed by atoms with E-state index < -0.39 is 17.5 Å². The Hall–Kier alpha value is -1.43. The molecule has 21 heavy (non-hydrogen) atoms. The summed E-state index contributed by atoms with van der Waals surface area (Å²) in [5.41, 5.74) is 0.259. The van der Waals surface area contributed by atoms with E-state index in [-0.39, 0.29) is 25.4 Å². The number of carbonyl (C=O) groups is 2. The van der Waals surface area contributed by atoms with Crippen LogP contribution in [0.25, 0.3) is 0 Å². The van der Waals surface area contributed by atoms with Crippen LogP contribution in [-0.4, -0.2) is 37.4 Å². The van der Waals surface area contributed by atoms with Crippen molar-refractivity contribution in [3.05, 3.63) is 34.9 Å². The van der Waals surface area contributed by atoms with Crippen LogP contribution in [0.5, 0.6) is 0 Å². The number of carbonyl (C=O) groups excluding carboxylic acids is 2. The summed E-state index contributed by atoms with van der Waals surface area (Å²) in [5, 5.41) is 0.487. The minimum atomic E-state index is -2.08. The molecule has 0 atom stereocenters. The molecule has 1 aromatic rings. The summed E-state index contributed by atoms with van der Waals surface area (Å²) in [5.74, 6) is -3.54. The summed E-state index contributed by atoms with van der Waals surface area (Å²) in [4.78, 5) is 24.9. The average Bonchev–Trinajstić information content (AvgIpc) is 2.47. The number of benzene rings is 1. The molecule has 1 rings (SSSR count). The fourth-order valence-electron chi connectivity index (χ4n) is 1.81. The normalized spacial score (nSPS) is 11.2. The maximum absolute atomic E-state index is 12.7. The maximum Gasteiger partial charge on any atom is 0.375 e. The number of ether oxygens (including phenoxy) is 3. The van der Waals surface area contributed by atoms with Gasteiger partial charge in [-0.15, -0.1) is 0 Å². The van der Waals surface area contributed by atoms with Gasteiger partial charge in [0.05, 0.1) is 6.61 Å². The van der Waals surface area contributed by atoms with Gasteiger partial charge in [-0.1, -0.05) is 11.6 Å². The molecule has 1 aromatic carbocycles. The molecule has 0 saturated carbocycles. The van der Waals surface area contributed by atoms with E-state index in [1.54, 1.807) is 32.9 Å². The molecule has 0 bridgehead atoms. The molecule has 0 saturated heterocycles. The minimum Gasteiger partial charge on any atom is -0.462 e. The van der Waals surface area contributed by atoms with E-state index in [9.17, 15) is 9.59 Å². The summed E-state index contributed by atoms with van der Waals surface area (Å²) < 4.78 is 15.6. The number of rotatable bonds is 8. The van der Waals surface area contributed by atoms with Crippen molar-refractivity contribution in [3.63, 3.8) is 0 Å². The van der Waals surface area contributed by atoms with Crippen LogP contribution in [0.1, 0.15) is 31.1 Å². The Labute approximate surface area is 129 Å². The fourth-order valence-corrected chi connectivity index (χ4v) is 1.93. The van der Waals surface area contributed by atoms with Gasteiger partial charge in [0.15, 0.2) is 0 Å². The molecule has 0 heterocycles. The summed E-state index contributed by atoms with van der Waals surface area (Å²) in [6, 6.07) is 6.14. The second-order valence-electron chi connectivity index (χ2n) is 4.04. The van der Waals surface area contributed by atoms with Crippen molar-refractivity contribution in [3.8, 4) is 0 Å². The highest BCUT2D eigenvalue weighted by molar-refractivity contribution is 6.30. The first-order chi connectivity index (χ1) is 10.0. The van der Waals surface area contributed by atoms with E-state index in [1.165, 1.54) is 12.1 Å². The zero-order chi connectivity index (χ0) is 15.9. The topological polar surface area (TPSA) is 61.8 Å². The van der Waals surface area contributed by atoms with E-state index >= 15 is 0 Å². The van der Waals surface area contributed by atoms with Gasteiger partial charge >= 0.3 is 11.8 Å². The van der Waals surface area contributed by atoms with Gasteiger partial charge < -0.3 is 14.2 Å². The molecule has 0 N–H and O–H groups in total.